The maximum Gasteiger partial charge on any atom is 0.320 e. The molecule has 0 aliphatic carbocycles. The van der Waals surface area contributed by atoms with Crippen molar-refractivity contribution in [3.63, 3.8) is 0 Å². The van der Waals surface area contributed by atoms with Crippen LogP contribution in [0.15, 0.2) is 36.5 Å². The smallest absolute Gasteiger partial charge is 0.320 e. The number of nitrogens with one attached hydrogen (secondary N) is 2. The molecule has 8 heteroatoms. The monoisotopic (exact) mass is 317 g/mol. The quantitative estimate of drug-likeness (QED) is 0.884. The summed E-state index contributed by atoms with van der Waals surface area (Å²) >= 11 is 0. The second kappa shape index (κ2) is 7.21. The Kier molecular flexibility index (Phi) is 4.84. The van der Waals surface area contributed by atoms with Crippen LogP contribution in [0.25, 0.3) is 5.69 Å². The molecule has 2 aromatic rings. The molecule has 2 heterocycles. The molecule has 3 rings (SSSR count). The predicted molar refractivity (Wildman–Crippen MR) is 83.5 cm³/mol. The largest absolute Gasteiger partial charge is 0.379 e. The molecule has 2 N–H and O–H groups in total. The van der Waals surface area contributed by atoms with Crippen LogP contribution in [0.3, 0.4) is 0 Å². The van der Waals surface area contributed by atoms with Gasteiger partial charge in [0.15, 0.2) is 5.82 Å². The Balaban J connectivity index is 1.59. The maximum atomic E-state index is 12.1. The molecule has 0 bridgehead atoms. The molecule has 2 amide bonds. The number of carbonyl (C=O) groups excluding carboxylic acids is 1. The molecule has 0 radical (unpaired) electrons. The Morgan fingerprint density at radius 1 is 1.39 bits per heavy atom. The fourth-order valence-electron chi connectivity index (χ4n) is 2.46. The minimum Gasteiger partial charge on any atom is -0.379 e. The topological polar surface area (TPSA) is 90.3 Å². The minimum atomic E-state index is -0.359. The number of carbonyl (C=O) groups is 1. The van der Waals surface area contributed by atoms with Crippen LogP contribution >= 0.6 is 0 Å². The normalized spacial score (nSPS) is 20.9. The van der Waals surface area contributed by atoms with Crippen molar-refractivity contribution in [1.82, 2.24) is 20.3 Å². The van der Waals surface area contributed by atoms with E-state index in [4.69, 9.17) is 9.47 Å². The summed E-state index contributed by atoms with van der Waals surface area (Å²) in [6.07, 6.45) is 2.21. The summed E-state index contributed by atoms with van der Waals surface area (Å²) in [5, 5.41) is 13.9. The Hall–Kier alpha value is -2.45. The van der Waals surface area contributed by atoms with Crippen molar-refractivity contribution >= 4 is 11.8 Å². The van der Waals surface area contributed by atoms with Gasteiger partial charge in [-0.25, -0.2) is 4.79 Å². The number of aromatic nitrogens is 3. The van der Waals surface area contributed by atoms with Crippen LogP contribution in [0.2, 0.25) is 0 Å². The van der Waals surface area contributed by atoms with Crippen LogP contribution < -0.4 is 10.6 Å². The molecular weight excluding hydrogens is 298 g/mol. The van der Waals surface area contributed by atoms with Crippen molar-refractivity contribution in [2.45, 2.75) is 18.6 Å². The number of anilines is 1. The number of amides is 2. The van der Waals surface area contributed by atoms with Crippen LogP contribution in [0.5, 0.6) is 0 Å². The first kappa shape index (κ1) is 15.4. The van der Waals surface area contributed by atoms with Crippen LogP contribution in [-0.4, -0.2) is 53.5 Å². The fraction of sp³-hybridized carbons (Fsp3) is 0.400. The van der Waals surface area contributed by atoms with E-state index in [1.807, 2.05) is 30.3 Å². The number of nitrogens with zero attached hydrogens (tertiary/aromatic N) is 3. The van der Waals surface area contributed by atoms with Crippen molar-refractivity contribution in [3.8, 4) is 5.69 Å². The molecule has 122 valence electrons. The van der Waals surface area contributed by atoms with Crippen molar-refractivity contribution in [2.24, 2.45) is 0 Å². The van der Waals surface area contributed by atoms with E-state index in [1.165, 1.54) is 11.0 Å². The number of hydrogen-bond donors (Lipinski definition) is 2. The van der Waals surface area contributed by atoms with Gasteiger partial charge in [0.05, 0.1) is 30.6 Å². The first-order valence-corrected chi connectivity index (χ1v) is 7.42. The molecule has 1 saturated heterocycles. The van der Waals surface area contributed by atoms with Crippen LogP contribution in [-0.2, 0) is 9.47 Å². The summed E-state index contributed by atoms with van der Waals surface area (Å²) < 4.78 is 10.7. The molecule has 1 aliphatic rings. The van der Waals surface area contributed by atoms with Crippen molar-refractivity contribution in [3.05, 3.63) is 36.5 Å². The second-order valence-electron chi connectivity index (χ2n) is 5.20. The average Bonchev–Trinajstić information content (AvgIpc) is 3.04. The molecule has 2 atom stereocenters. The number of urea groups is 1. The van der Waals surface area contributed by atoms with Crippen molar-refractivity contribution < 1.29 is 14.3 Å². The number of ether oxygens (including phenoxy) is 2. The number of methoxy groups -OCH3 is 1. The molecule has 0 unspecified atom stereocenters. The highest BCUT2D eigenvalue weighted by molar-refractivity contribution is 5.88. The van der Waals surface area contributed by atoms with Gasteiger partial charge in [0.2, 0.25) is 0 Å². The van der Waals surface area contributed by atoms with Gasteiger partial charge in [-0.3, -0.25) is 5.32 Å². The van der Waals surface area contributed by atoms with E-state index in [1.54, 1.807) is 7.11 Å². The standard InChI is InChI=1S/C15H19N5O3/c1-22-13-7-8-23-10-12(13)17-15(21)18-14-9-16-20(19-14)11-5-3-2-4-6-11/h2-6,9,12-13H,7-8,10H2,1H3,(H2,17,18,19,21)/t12-,13-/m1/s1. The van der Waals surface area contributed by atoms with Gasteiger partial charge in [0, 0.05) is 13.7 Å². The third kappa shape index (κ3) is 3.85. The summed E-state index contributed by atoms with van der Waals surface area (Å²) in [6.45, 7) is 1.08. The molecule has 1 aromatic carbocycles. The third-order valence-corrected chi connectivity index (χ3v) is 3.63. The van der Waals surface area contributed by atoms with Crippen LogP contribution in [0, 0.1) is 0 Å². The minimum absolute atomic E-state index is 0.0468. The number of rotatable bonds is 4. The lowest BCUT2D eigenvalue weighted by Gasteiger charge is -2.30. The molecule has 1 aromatic heterocycles. The summed E-state index contributed by atoms with van der Waals surface area (Å²) in [6, 6.07) is 8.93. The van der Waals surface area contributed by atoms with Gasteiger partial charge in [-0.2, -0.15) is 5.10 Å². The molecule has 8 nitrogen and oxygen atoms in total. The van der Waals surface area contributed by atoms with Gasteiger partial charge in [-0.05, 0) is 18.6 Å². The van der Waals surface area contributed by atoms with E-state index in [0.29, 0.717) is 19.0 Å². The average molecular weight is 317 g/mol. The first-order valence-electron chi connectivity index (χ1n) is 7.42. The van der Waals surface area contributed by atoms with Crippen molar-refractivity contribution in [2.75, 3.05) is 25.6 Å². The van der Waals surface area contributed by atoms with E-state index in [2.05, 4.69) is 20.8 Å². The highest BCUT2D eigenvalue weighted by Crippen LogP contribution is 2.11. The maximum absolute atomic E-state index is 12.1. The number of para-hydroxylation sites is 1. The lowest BCUT2D eigenvalue weighted by Crippen LogP contribution is -2.51. The highest BCUT2D eigenvalue weighted by Gasteiger charge is 2.27. The fourth-order valence-corrected chi connectivity index (χ4v) is 2.46. The Morgan fingerprint density at radius 2 is 2.22 bits per heavy atom. The molecule has 23 heavy (non-hydrogen) atoms. The zero-order valence-electron chi connectivity index (χ0n) is 12.8. The van der Waals surface area contributed by atoms with E-state index in [0.717, 1.165) is 12.1 Å². The van der Waals surface area contributed by atoms with Crippen molar-refractivity contribution in [1.29, 1.82) is 0 Å². The number of benzene rings is 1. The van der Waals surface area contributed by atoms with Gasteiger partial charge in [-0.1, -0.05) is 18.2 Å². The molecule has 0 spiro atoms. The van der Waals surface area contributed by atoms with Gasteiger partial charge in [0.25, 0.3) is 0 Å². The second-order valence-corrected chi connectivity index (χ2v) is 5.20. The van der Waals surface area contributed by atoms with Crippen LogP contribution in [0.4, 0.5) is 10.6 Å². The van der Waals surface area contributed by atoms with E-state index < -0.39 is 0 Å². The van der Waals surface area contributed by atoms with Gasteiger partial charge >= 0.3 is 6.03 Å². The highest BCUT2D eigenvalue weighted by atomic mass is 16.5. The van der Waals surface area contributed by atoms with Gasteiger partial charge in [0.1, 0.15) is 0 Å². The lowest BCUT2D eigenvalue weighted by molar-refractivity contribution is -0.0330. The van der Waals surface area contributed by atoms with Gasteiger partial charge < -0.3 is 14.8 Å². The third-order valence-electron chi connectivity index (χ3n) is 3.63. The van der Waals surface area contributed by atoms with E-state index in [-0.39, 0.29) is 18.2 Å². The Bertz CT molecular complexity index is 646. The Morgan fingerprint density at radius 3 is 3.00 bits per heavy atom. The van der Waals surface area contributed by atoms with Gasteiger partial charge in [-0.15, -0.1) is 9.90 Å². The molecule has 0 saturated carbocycles. The molecule has 1 fully saturated rings. The van der Waals surface area contributed by atoms with E-state index in [9.17, 15) is 4.79 Å². The van der Waals surface area contributed by atoms with E-state index >= 15 is 0 Å². The summed E-state index contributed by atoms with van der Waals surface area (Å²) in [5.74, 6) is 0.372. The predicted octanol–water partition coefficient (Wildman–Crippen LogP) is 1.19. The molecule has 1 aliphatic heterocycles. The first-order chi connectivity index (χ1) is 11.3. The lowest BCUT2D eigenvalue weighted by atomic mass is 10.1. The summed E-state index contributed by atoms with van der Waals surface area (Å²) in [5.41, 5.74) is 0.820. The zero-order chi connectivity index (χ0) is 16.1. The number of hydrogen-bond acceptors (Lipinski definition) is 5. The summed E-state index contributed by atoms with van der Waals surface area (Å²) in [7, 11) is 1.63. The van der Waals surface area contributed by atoms with Crippen LogP contribution in [0.1, 0.15) is 6.42 Å². The SMILES string of the molecule is CO[C@@H]1CCOC[C@H]1NC(=O)Nc1cnn(-c2ccccc2)n1. The summed E-state index contributed by atoms with van der Waals surface area (Å²) in [4.78, 5) is 13.5. The molecular formula is C15H19N5O3. The Labute approximate surface area is 133 Å². The zero-order valence-corrected chi connectivity index (χ0v) is 12.8.